The maximum Gasteiger partial charge on any atom is 0.288 e. The summed E-state index contributed by atoms with van der Waals surface area (Å²) in [5, 5.41) is 8.76. The number of carbonyl (C=O) groups is 1. The fourth-order valence-corrected chi connectivity index (χ4v) is 0.953. The van der Waals surface area contributed by atoms with Crippen molar-refractivity contribution in [1.82, 2.24) is 20.5 Å². The summed E-state index contributed by atoms with van der Waals surface area (Å²) in [5.74, 6) is 2.55. The molecule has 0 fully saturated rings. The van der Waals surface area contributed by atoms with Crippen LogP contribution in [0.25, 0.3) is 0 Å². The van der Waals surface area contributed by atoms with Gasteiger partial charge in [0.05, 0.1) is 0 Å². The van der Waals surface area contributed by atoms with E-state index >= 15 is 0 Å². The fourth-order valence-electron chi connectivity index (χ4n) is 0.953. The number of amides is 1. The number of H-pyrrole nitrogens is 1. The normalized spacial score (nSPS) is 9.36. The van der Waals surface area contributed by atoms with Crippen LogP contribution < -0.4 is 5.32 Å². The minimum Gasteiger partial charge on any atom is -0.349 e. The lowest BCUT2D eigenvalue weighted by Gasteiger charge is -2.00. The van der Waals surface area contributed by atoms with Gasteiger partial charge >= 0.3 is 0 Å². The van der Waals surface area contributed by atoms with Gasteiger partial charge in [-0.3, -0.25) is 9.89 Å². The summed E-state index contributed by atoms with van der Waals surface area (Å²) in [6.45, 7) is 0.612. The topological polar surface area (TPSA) is 70.7 Å². The van der Waals surface area contributed by atoms with Gasteiger partial charge in [0.25, 0.3) is 5.91 Å². The lowest BCUT2D eigenvalue weighted by atomic mass is 10.2. The Labute approximate surface area is 82.3 Å². The summed E-state index contributed by atoms with van der Waals surface area (Å²) in [4.78, 5) is 15.0. The molecule has 0 aliphatic rings. The number of terminal acetylenes is 1. The number of aromatic amines is 1. The summed E-state index contributed by atoms with van der Waals surface area (Å²) in [7, 11) is 0. The van der Waals surface area contributed by atoms with Crippen LogP contribution in [-0.2, 0) is 0 Å². The van der Waals surface area contributed by atoms with Gasteiger partial charge in [0, 0.05) is 13.0 Å². The van der Waals surface area contributed by atoms with Crippen LogP contribution in [0.2, 0.25) is 0 Å². The Morgan fingerprint density at radius 3 is 3.14 bits per heavy atom. The number of unbranched alkanes of at least 4 members (excludes halogenated alkanes) is 2. The number of aromatic nitrogens is 3. The molecule has 5 heteroatoms. The molecule has 0 unspecified atom stereocenters. The molecule has 1 heterocycles. The van der Waals surface area contributed by atoms with Crippen molar-refractivity contribution in [3.05, 3.63) is 12.2 Å². The molecule has 0 bridgehead atoms. The van der Waals surface area contributed by atoms with Crippen LogP contribution in [-0.4, -0.2) is 27.6 Å². The molecule has 0 saturated carbocycles. The minimum absolute atomic E-state index is 0.233. The molecule has 0 aliphatic carbocycles. The second-order valence-electron chi connectivity index (χ2n) is 2.75. The Bertz CT molecular complexity index is 312. The predicted octanol–water partition coefficient (Wildman–Crippen LogP) is 0.338. The van der Waals surface area contributed by atoms with Crippen LogP contribution in [0, 0.1) is 12.3 Å². The van der Waals surface area contributed by atoms with Gasteiger partial charge in [0.1, 0.15) is 6.33 Å². The quantitative estimate of drug-likeness (QED) is 0.522. The molecule has 0 radical (unpaired) electrons. The first-order chi connectivity index (χ1) is 6.84. The first-order valence-electron chi connectivity index (χ1n) is 4.41. The molecule has 0 aliphatic heterocycles. The van der Waals surface area contributed by atoms with E-state index in [2.05, 4.69) is 26.4 Å². The van der Waals surface area contributed by atoms with Gasteiger partial charge in [-0.1, -0.05) is 0 Å². The summed E-state index contributed by atoms with van der Waals surface area (Å²) >= 11 is 0. The van der Waals surface area contributed by atoms with Gasteiger partial charge in [0.15, 0.2) is 0 Å². The van der Waals surface area contributed by atoms with Crippen LogP contribution in [0.3, 0.4) is 0 Å². The van der Waals surface area contributed by atoms with E-state index in [1.165, 1.54) is 6.33 Å². The van der Waals surface area contributed by atoms with Crippen LogP contribution in [0.4, 0.5) is 0 Å². The lowest BCUT2D eigenvalue weighted by Crippen LogP contribution is -2.25. The maximum absolute atomic E-state index is 11.3. The van der Waals surface area contributed by atoms with E-state index in [9.17, 15) is 4.79 Å². The lowest BCUT2D eigenvalue weighted by molar-refractivity contribution is 0.0943. The third-order valence-electron chi connectivity index (χ3n) is 1.66. The van der Waals surface area contributed by atoms with E-state index in [1.807, 2.05) is 0 Å². The van der Waals surface area contributed by atoms with Gasteiger partial charge in [-0.25, -0.2) is 4.98 Å². The van der Waals surface area contributed by atoms with E-state index in [1.54, 1.807) is 0 Å². The number of hydrogen-bond acceptors (Lipinski definition) is 3. The molecule has 2 N–H and O–H groups in total. The third-order valence-corrected chi connectivity index (χ3v) is 1.66. The average molecular weight is 192 g/mol. The van der Waals surface area contributed by atoms with Crippen LogP contribution in [0.15, 0.2) is 6.33 Å². The van der Waals surface area contributed by atoms with Crippen molar-refractivity contribution in [1.29, 1.82) is 0 Å². The molecule has 74 valence electrons. The highest BCUT2D eigenvalue weighted by molar-refractivity contribution is 5.90. The van der Waals surface area contributed by atoms with Crippen LogP contribution >= 0.6 is 0 Å². The molecule has 1 aromatic heterocycles. The standard InChI is InChI=1S/C9H12N4O/c1-2-3-4-5-6-10-9(14)8-11-7-12-13-8/h1,7H,3-6H2,(H,10,14)(H,11,12,13). The van der Waals surface area contributed by atoms with Crippen molar-refractivity contribution in [2.75, 3.05) is 6.54 Å². The first-order valence-corrected chi connectivity index (χ1v) is 4.41. The molecule has 0 atom stereocenters. The number of nitrogens with zero attached hydrogens (tertiary/aromatic N) is 2. The van der Waals surface area contributed by atoms with Gasteiger partial charge in [-0.05, 0) is 12.8 Å². The van der Waals surface area contributed by atoms with Crippen molar-refractivity contribution < 1.29 is 4.79 Å². The molecule has 1 aromatic rings. The Hall–Kier alpha value is -1.83. The van der Waals surface area contributed by atoms with E-state index in [0.717, 1.165) is 19.3 Å². The maximum atomic E-state index is 11.3. The van der Waals surface area contributed by atoms with Crippen molar-refractivity contribution in [2.24, 2.45) is 0 Å². The van der Waals surface area contributed by atoms with E-state index in [4.69, 9.17) is 6.42 Å². The highest BCUT2D eigenvalue weighted by Crippen LogP contribution is 1.92. The summed E-state index contributed by atoms with van der Waals surface area (Å²) in [6, 6.07) is 0. The molecule has 1 amide bonds. The minimum atomic E-state index is -0.233. The summed E-state index contributed by atoms with van der Waals surface area (Å²) < 4.78 is 0. The summed E-state index contributed by atoms with van der Waals surface area (Å²) in [6.07, 6.45) is 8.94. The number of hydrogen-bond donors (Lipinski definition) is 2. The van der Waals surface area contributed by atoms with Crippen molar-refractivity contribution >= 4 is 5.91 Å². The van der Waals surface area contributed by atoms with E-state index in [0.29, 0.717) is 6.54 Å². The molecular formula is C9H12N4O. The number of carbonyl (C=O) groups excluding carboxylic acids is 1. The molecule has 0 saturated heterocycles. The zero-order valence-corrected chi connectivity index (χ0v) is 7.79. The second-order valence-corrected chi connectivity index (χ2v) is 2.75. The zero-order chi connectivity index (χ0) is 10.2. The van der Waals surface area contributed by atoms with Crippen molar-refractivity contribution in [3.8, 4) is 12.3 Å². The van der Waals surface area contributed by atoms with E-state index < -0.39 is 0 Å². The largest absolute Gasteiger partial charge is 0.349 e. The van der Waals surface area contributed by atoms with Gasteiger partial charge in [-0.15, -0.1) is 12.3 Å². The molecule has 0 aromatic carbocycles. The van der Waals surface area contributed by atoms with E-state index in [-0.39, 0.29) is 11.7 Å². The molecule has 0 spiro atoms. The Morgan fingerprint density at radius 1 is 1.64 bits per heavy atom. The smallest absolute Gasteiger partial charge is 0.288 e. The van der Waals surface area contributed by atoms with Gasteiger partial charge in [-0.2, -0.15) is 5.10 Å². The molecule has 14 heavy (non-hydrogen) atoms. The zero-order valence-electron chi connectivity index (χ0n) is 7.79. The second kappa shape index (κ2) is 5.75. The Morgan fingerprint density at radius 2 is 2.50 bits per heavy atom. The monoisotopic (exact) mass is 192 g/mol. The van der Waals surface area contributed by atoms with Gasteiger partial charge in [0.2, 0.25) is 5.82 Å². The summed E-state index contributed by atoms with van der Waals surface area (Å²) in [5.41, 5.74) is 0. The van der Waals surface area contributed by atoms with Crippen molar-refractivity contribution in [3.63, 3.8) is 0 Å². The predicted molar refractivity (Wildman–Crippen MR) is 51.4 cm³/mol. The van der Waals surface area contributed by atoms with Crippen LogP contribution in [0.5, 0.6) is 0 Å². The SMILES string of the molecule is C#CCCCCNC(=O)c1ncn[nH]1. The highest BCUT2D eigenvalue weighted by Gasteiger charge is 2.06. The Kier molecular flexibility index (Phi) is 4.21. The van der Waals surface area contributed by atoms with Gasteiger partial charge < -0.3 is 5.32 Å². The van der Waals surface area contributed by atoms with Crippen LogP contribution in [0.1, 0.15) is 29.9 Å². The first kappa shape index (κ1) is 10.3. The molecular weight excluding hydrogens is 180 g/mol. The average Bonchev–Trinajstić information content (AvgIpc) is 2.70. The Balaban J connectivity index is 2.14. The third kappa shape index (κ3) is 3.27. The highest BCUT2D eigenvalue weighted by atomic mass is 16.2. The fraction of sp³-hybridized carbons (Fsp3) is 0.444. The molecule has 5 nitrogen and oxygen atoms in total. The number of nitrogens with one attached hydrogen (secondary N) is 2. The number of rotatable bonds is 5. The molecule has 1 rings (SSSR count). The van der Waals surface area contributed by atoms with Crippen molar-refractivity contribution in [2.45, 2.75) is 19.3 Å².